The Labute approximate surface area is 195 Å². The number of nitrogens with one attached hydrogen (secondary N) is 2. The summed E-state index contributed by atoms with van der Waals surface area (Å²) < 4.78 is 5.22. The Balaban J connectivity index is 0.00000249. The summed E-state index contributed by atoms with van der Waals surface area (Å²) >= 11 is 0. The Hall–Kier alpha value is -2.79. The number of hydrogen-bond acceptors (Lipinski definition) is 5. The van der Waals surface area contributed by atoms with Crippen molar-refractivity contribution in [2.45, 2.75) is 60.4 Å². The van der Waals surface area contributed by atoms with Crippen molar-refractivity contribution in [3.8, 4) is 5.75 Å². The number of nitrogens with zero attached hydrogens (tertiary/aromatic N) is 2. The van der Waals surface area contributed by atoms with Crippen molar-refractivity contribution in [1.29, 1.82) is 0 Å². The van der Waals surface area contributed by atoms with Gasteiger partial charge in [-0.2, -0.15) is 0 Å². The van der Waals surface area contributed by atoms with Gasteiger partial charge in [0.05, 0.1) is 7.11 Å². The molecule has 5 nitrogen and oxygen atoms in total. The minimum atomic E-state index is 0.345. The first-order valence-electron chi connectivity index (χ1n) is 11.7. The molecule has 2 N–H and O–H groups in total. The molecule has 1 unspecified atom stereocenters. The van der Waals surface area contributed by atoms with Gasteiger partial charge in [0.15, 0.2) is 0 Å². The van der Waals surface area contributed by atoms with Gasteiger partial charge in [-0.15, -0.1) is 0 Å². The molecule has 0 aliphatic carbocycles. The van der Waals surface area contributed by atoms with E-state index in [0.717, 1.165) is 37.4 Å². The molecule has 0 saturated carbocycles. The van der Waals surface area contributed by atoms with Crippen LogP contribution in [-0.4, -0.2) is 25.0 Å². The molecule has 0 saturated heterocycles. The van der Waals surface area contributed by atoms with Crippen LogP contribution >= 0.6 is 0 Å². The van der Waals surface area contributed by atoms with Gasteiger partial charge in [0.1, 0.15) is 11.6 Å². The summed E-state index contributed by atoms with van der Waals surface area (Å²) in [5.74, 6) is 2.26. The van der Waals surface area contributed by atoms with Gasteiger partial charge >= 0.3 is 0 Å². The molecule has 1 aromatic carbocycles. The molecule has 1 heterocycles. The predicted octanol–water partition coefficient (Wildman–Crippen LogP) is 6.34. The number of aliphatic imine (C=N–C) groups is 1. The molecule has 0 fully saturated rings. The van der Waals surface area contributed by atoms with E-state index in [-0.39, 0.29) is 0 Å². The molecule has 0 amide bonds. The molecular formula is C27H42N4O. The second kappa shape index (κ2) is 15.9. The monoisotopic (exact) mass is 438 g/mol. The topological polar surface area (TPSA) is 48.9 Å². The summed E-state index contributed by atoms with van der Waals surface area (Å²) in [4.78, 5) is 4.61. The zero-order chi connectivity index (χ0) is 23.8. The van der Waals surface area contributed by atoms with E-state index in [4.69, 9.17) is 4.74 Å². The fraction of sp³-hybridized carbons (Fsp3) is 0.444. The predicted molar refractivity (Wildman–Crippen MR) is 138 cm³/mol. The summed E-state index contributed by atoms with van der Waals surface area (Å²) in [6, 6.07) is 8.12. The van der Waals surface area contributed by atoms with Gasteiger partial charge in [-0.05, 0) is 61.2 Å². The van der Waals surface area contributed by atoms with Crippen LogP contribution in [0.3, 0.4) is 0 Å². The van der Waals surface area contributed by atoms with Crippen LogP contribution in [0.2, 0.25) is 0 Å². The molecule has 0 aromatic heterocycles. The van der Waals surface area contributed by atoms with Crippen LogP contribution in [0, 0.1) is 5.92 Å². The highest BCUT2D eigenvalue weighted by Gasteiger charge is 2.23. The summed E-state index contributed by atoms with van der Waals surface area (Å²) in [6.45, 7) is 11.1. The lowest BCUT2D eigenvalue weighted by Gasteiger charge is -2.20. The van der Waals surface area contributed by atoms with Crippen molar-refractivity contribution in [3.05, 3.63) is 77.8 Å². The summed E-state index contributed by atoms with van der Waals surface area (Å²) in [7, 11) is 3.73. The average molecular weight is 439 g/mol. The minimum Gasteiger partial charge on any atom is -0.497 e. The fourth-order valence-electron chi connectivity index (χ4n) is 3.35. The minimum absolute atomic E-state index is 0.345. The largest absolute Gasteiger partial charge is 0.497 e. The van der Waals surface area contributed by atoms with Gasteiger partial charge in [-0.3, -0.25) is 0 Å². The van der Waals surface area contributed by atoms with Crippen LogP contribution in [0.4, 0.5) is 0 Å². The number of rotatable bonds is 11. The van der Waals surface area contributed by atoms with E-state index < -0.39 is 0 Å². The van der Waals surface area contributed by atoms with E-state index in [9.17, 15) is 0 Å². The number of ether oxygens (including phenoxy) is 1. The first kappa shape index (κ1) is 27.2. The zero-order valence-electron chi connectivity index (χ0n) is 21.0. The molecule has 0 radical (unpaired) electrons. The first-order valence-corrected chi connectivity index (χ1v) is 11.7. The Morgan fingerprint density at radius 2 is 1.91 bits per heavy atom. The Bertz CT molecular complexity index is 803. The van der Waals surface area contributed by atoms with E-state index in [1.165, 1.54) is 16.7 Å². The van der Waals surface area contributed by atoms with Gasteiger partial charge < -0.3 is 15.1 Å². The average Bonchev–Trinajstić information content (AvgIpc) is 3.22. The molecule has 1 aliphatic rings. The standard InChI is InChI=1S/C25H36N4O.C2H6/c1-6-9-10-21(16-22-18-27-25(24(22)8-3)26-15-7-2)19-29(4)28-17-20-11-13-23(30-5)14-12-20;1-2/h7,9-15,18-19,24,28H,6,8,16-17H2,1-5H3,(H,26,27);1-2H3/b10-9-,15-7-,21-19+;. The van der Waals surface area contributed by atoms with Crippen LogP contribution in [0.5, 0.6) is 5.75 Å². The molecule has 1 aliphatic heterocycles. The lowest BCUT2D eigenvalue weighted by atomic mass is 9.92. The molecule has 32 heavy (non-hydrogen) atoms. The third-order valence-electron chi connectivity index (χ3n) is 4.98. The van der Waals surface area contributed by atoms with Crippen LogP contribution in [-0.2, 0) is 6.54 Å². The molecule has 0 spiro atoms. The SMILES string of the molecule is C/C=C\NC1=NC=C(CC(/C=C\CC)=C/N(C)NCc2ccc(OC)cc2)C1CC.CC. The maximum absolute atomic E-state index is 5.22. The summed E-state index contributed by atoms with van der Waals surface area (Å²) in [5.41, 5.74) is 7.26. The maximum Gasteiger partial charge on any atom is 0.118 e. The fourth-order valence-corrected chi connectivity index (χ4v) is 3.35. The van der Waals surface area contributed by atoms with Crippen LogP contribution in [0.25, 0.3) is 0 Å². The Kier molecular flexibility index (Phi) is 13.6. The van der Waals surface area contributed by atoms with Crippen LogP contribution in [0.1, 0.15) is 59.4 Å². The third kappa shape index (κ3) is 9.15. The molecule has 1 aromatic rings. The molecule has 1 atom stereocenters. The third-order valence-corrected chi connectivity index (χ3v) is 4.98. The van der Waals surface area contributed by atoms with Crippen LogP contribution in [0.15, 0.2) is 77.2 Å². The van der Waals surface area contributed by atoms with Crippen LogP contribution < -0.4 is 15.5 Å². The quantitative estimate of drug-likeness (QED) is 0.312. The Morgan fingerprint density at radius 1 is 1.19 bits per heavy atom. The van der Waals surface area contributed by atoms with E-state index >= 15 is 0 Å². The number of methoxy groups -OCH3 is 1. The second-order valence-corrected chi connectivity index (χ2v) is 7.31. The maximum atomic E-state index is 5.22. The smallest absolute Gasteiger partial charge is 0.118 e. The number of allylic oxidation sites excluding steroid dienone is 4. The number of hydrazine groups is 1. The Morgan fingerprint density at radius 3 is 2.50 bits per heavy atom. The van der Waals surface area contributed by atoms with Crippen molar-refractivity contribution in [1.82, 2.24) is 15.8 Å². The van der Waals surface area contributed by atoms with E-state index in [1.54, 1.807) is 7.11 Å². The molecule has 0 bridgehead atoms. The summed E-state index contributed by atoms with van der Waals surface area (Å²) in [6.07, 6.45) is 15.5. The number of amidine groups is 1. The lowest BCUT2D eigenvalue weighted by molar-refractivity contribution is 0.321. The second-order valence-electron chi connectivity index (χ2n) is 7.31. The highest BCUT2D eigenvalue weighted by Crippen LogP contribution is 2.28. The highest BCUT2D eigenvalue weighted by atomic mass is 16.5. The van der Waals surface area contributed by atoms with E-state index in [0.29, 0.717) is 5.92 Å². The van der Waals surface area contributed by atoms with Gasteiger partial charge in [0.25, 0.3) is 0 Å². The highest BCUT2D eigenvalue weighted by molar-refractivity contribution is 5.90. The van der Waals surface area contributed by atoms with Crippen molar-refractivity contribution in [3.63, 3.8) is 0 Å². The van der Waals surface area contributed by atoms with Crippen molar-refractivity contribution in [2.24, 2.45) is 10.9 Å². The normalized spacial score (nSPS) is 16.0. The zero-order valence-corrected chi connectivity index (χ0v) is 21.0. The van der Waals surface area contributed by atoms with Gasteiger partial charge in [0.2, 0.25) is 0 Å². The lowest BCUT2D eigenvalue weighted by Crippen LogP contribution is -2.29. The van der Waals surface area contributed by atoms with Crippen molar-refractivity contribution < 1.29 is 4.74 Å². The molecule has 5 heteroatoms. The van der Waals surface area contributed by atoms with E-state index in [2.05, 4.69) is 60.1 Å². The number of benzene rings is 1. The van der Waals surface area contributed by atoms with Gasteiger partial charge in [0, 0.05) is 31.9 Å². The summed E-state index contributed by atoms with van der Waals surface area (Å²) in [5, 5.41) is 5.35. The van der Waals surface area contributed by atoms with Crippen molar-refractivity contribution >= 4 is 5.84 Å². The first-order chi connectivity index (χ1) is 15.6. The van der Waals surface area contributed by atoms with Gasteiger partial charge in [-0.1, -0.05) is 58.1 Å². The van der Waals surface area contributed by atoms with E-state index in [1.807, 2.05) is 63.4 Å². The molecule has 176 valence electrons. The molecular weight excluding hydrogens is 396 g/mol. The number of hydrogen-bond donors (Lipinski definition) is 2. The van der Waals surface area contributed by atoms with Crippen molar-refractivity contribution in [2.75, 3.05) is 14.2 Å². The molecule has 2 rings (SSSR count). The van der Waals surface area contributed by atoms with Gasteiger partial charge in [-0.25, -0.2) is 10.4 Å².